The highest BCUT2D eigenvalue weighted by molar-refractivity contribution is 14.1. The van der Waals surface area contributed by atoms with Crippen molar-refractivity contribution in [2.24, 2.45) is 22.9 Å². The van der Waals surface area contributed by atoms with Gasteiger partial charge in [-0.1, -0.05) is 48.5 Å². The number of carbonyl (C=O) groups excluding carboxylic acids is 1. The molecular weight excluding hydrogens is 1050 g/mol. The maximum absolute atomic E-state index is 14.8. The van der Waals surface area contributed by atoms with Crippen LogP contribution in [0.15, 0.2) is 35.6 Å². The molecule has 410 valence electrons. The zero-order valence-electron chi connectivity index (χ0n) is 44.8. The van der Waals surface area contributed by atoms with Gasteiger partial charge in [0, 0.05) is 70.8 Å². The minimum Gasteiger partial charge on any atom is -0.448 e. The quantitative estimate of drug-likeness (QED) is 0.0572. The molecule has 19 atom stereocenters. The summed E-state index contributed by atoms with van der Waals surface area (Å²) in [6.45, 7) is 16.7. The molecule has 1 aromatic heterocycles. The Hall–Kier alpha value is -2.52. The number of cyclic esters (lactones) is 1. The molecular formula is C51H84FIN6O13. The number of ether oxygens (including phenoxy) is 7. The van der Waals surface area contributed by atoms with Crippen LogP contribution >= 0.6 is 22.6 Å². The summed E-state index contributed by atoms with van der Waals surface area (Å²) < 4.78 is 59.3. The van der Waals surface area contributed by atoms with Crippen LogP contribution in [0.3, 0.4) is 0 Å². The van der Waals surface area contributed by atoms with Crippen LogP contribution in [0.2, 0.25) is 0 Å². The fourth-order valence-electron chi connectivity index (χ4n) is 10.8. The van der Waals surface area contributed by atoms with E-state index < -0.39 is 107 Å². The maximum atomic E-state index is 14.8. The van der Waals surface area contributed by atoms with E-state index in [1.165, 1.54) is 18.9 Å². The van der Waals surface area contributed by atoms with Gasteiger partial charge >= 0.3 is 5.97 Å². The first kappa shape index (κ1) is 60.3. The van der Waals surface area contributed by atoms with Crippen LogP contribution in [0.1, 0.15) is 117 Å². The van der Waals surface area contributed by atoms with Crippen molar-refractivity contribution in [1.82, 2.24) is 24.8 Å². The van der Waals surface area contributed by atoms with Crippen molar-refractivity contribution in [3.8, 4) is 0 Å². The van der Waals surface area contributed by atoms with Crippen molar-refractivity contribution >= 4 is 34.3 Å². The maximum Gasteiger partial charge on any atom is 0.312 e. The molecule has 0 radical (unpaired) electrons. The van der Waals surface area contributed by atoms with Crippen LogP contribution in [-0.2, 0) is 49.2 Å². The zero-order valence-corrected chi connectivity index (χ0v) is 46.9. The Morgan fingerprint density at radius 2 is 1.68 bits per heavy atom. The first-order chi connectivity index (χ1) is 33.9. The molecule has 4 heterocycles. The second-order valence-electron chi connectivity index (χ2n) is 21.1. The van der Waals surface area contributed by atoms with Gasteiger partial charge in [-0.05, 0) is 115 Å². The lowest BCUT2D eigenvalue weighted by molar-refractivity contribution is -0.308. The minimum atomic E-state index is -1.53. The van der Waals surface area contributed by atoms with Crippen molar-refractivity contribution < 1.29 is 67.6 Å². The van der Waals surface area contributed by atoms with Gasteiger partial charge in [-0.25, -0.2) is 9.07 Å². The lowest BCUT2D eigenvalue weighted by Crippen LogP contribution is -2.59. The second-order valence-corrected chi connectivity index (χ2v) is 22.4. The van der Waals surface area contributed by atoms with Crippen LogP contribution in [0, 0.1) is 17.8 Å². The Balaban J connectivity index is 1.38. The molecule has 4 N–H and O–H groups in total. The lowest BCUT2D eigenvalue weighted by atomic mass is 9.77. The monoisotopic (exact) mass is 1130 g/mol. The smallest absolute Gasteiger partial charge is 0.312 e. The van der Waals surface area contributed by atoms with Gasteiger partial charge in [0.15, 0.2) is 16.7 Å². The van der Waals surface area contributed by atoms with E-state index >= 15 is 0 Å². The Morgan fingerprint density at radius 3 is 2.31 bits per heavy atom. The largest absolute Gasteiger partial charge is 0.448 e. The van der Waals surface area contributed by atoms with Crippen molar-refractivity contribution in [1.29, 1.82) is 0 Å². The number of carbonyl (C=O) groups is 1. The fourth-order valence-corrected chi connectivity index (χ4v) is 11.5. The van der Waals surface area contributed by atoms with Gasteiger partial charge in [0.2, 0.25) is 0 Å². The molecule has 0 unspecified atom stereocenters. The summed E-state index contributed by atoms with van der Waals surface area (Å²) in [6.07, 6.45) is -5.09. The summed E-state index contributed by atoms with van der Waals surface area (Å²) in [4.78, 5) is 23.3. The molecule has 72 heavy (non-hydrogen) atoms. The molecule has 3 saturated heterocycles. The van der Waals surface area contributed by atoms with Crippen LogP contribution in [0.5, 0.6) is 0 Å². The SMILES string of the molecule is CO/N=C(\C)c1ccc([C@@H](OC)[C@@H](CF)n2cc(CCN(C)[C@@H]3C[C@H](O[C@@H]4[C@@H](C)[C@H](O[C@H]5C[C@@](C)(OC)[C@@H](O)[C@H](C)O5)[C@@H](C)C(=O)O[C@H](I)[C@@H](O)[C@H](O)[C@@H](C)N(C)C[C@H](C)C[C@@]4(C)O)O[C@H](C)C3)nn2)cc1. The summed E-state index contributed by atoms with van der Waals surface area (Å²) >= 11 is 1.83. The molecule has 1 aromatic carbocycles. The van der Waals surface area contributed by atoms with Crippen molar-refractivity contribution in [2.75, 3.05) is 55.2 Å². The number of hydrogen-bond acceptors (Lipinski definition) is 18. The van der Waals surface area contributed by atoms with E-state index in [0.717, 1.165) is 11.1 Å². The third-order valence-corrected chi connectivity index (χ3v) is 16.3. The summed E-state index contributed by atoms with van der Waals surface area (Å²) in [5, 5.41) is 59.1. The van der Waals surface area contributed by atoms with E-state index in [1.54, 1.807) is 47.9 Å². The first-order valence-electron chi connectivity index (χ1n) is 25.2. The van der Waals surface area contributed by atoms with E-state index in [9.17, 15) is 29.6 Å². The second kappa shape index (κ2) is 26.5. The van der Waals surface area contributed by atoms with Crippen LogP contribution < -0.4 is 0 Å². The van der Waals surface area contributed by atoms with Gasteiger partial charge in [0.25, 0.3) is 0 Å². The van der Waals surface area contributed by atoms with Gasteiger partial charge < -0.3 is 68.2 Å². The Morgan fingerprint density at radius 1 is 1.00 bits per heavy atom. The summed E-state index contributed by atoms with van der Waals surface area (Å²) in [5.41, 5.74) is 0.472. The van der Waals surface area contributed by atoms with Gasteiger partial charge in [0.1, 0.15) is 38.1 Å². The lowest BCUT2D eigenvalue weighted by Gasteiger charge is -2.48. The Bertz CT molecular complexity index is 2020. The van der Waals surface area contributed by atoms with Crippen molar-refractivity contribution in [2.45, 2.75) is 189 Å². The number of hydrogen-bond donors (Lipinski definition) is 4. The number of esters is 1. The van der Waals surface area contributed by atoms with Crippen molar-refractivity contribution in [3.63, 3.8) is 0 Å². The predicted octanol–water partition coefficient (Wildman–Crippen LogP) is 5.00. The summed E-state index contributed by atoms with van der Waals surface area (Å²) in [7, 11) is 8.42. The number of alkyl halides is 2. The van der Waals surface area contributed by atoms with Gasteiger partial charge in [-0.3, -0.25) is 4.79 Å². The highest BCUT2D eigenvalue weighted by Crippen LogP contribution is 2.40. The number of rotatable bonds is 16. The number of halogens is 2. The van der Waals surface area contributed by atoms with E-state index in [-0.39, 0.29) is 30.9 Å². The molecule has 3 aliphatic rings. The number of methoxy groups -OCH3 is 2. The van der Waals surface area contributed by atoms with Crippen molar-refractivity contribution in [3.05, 3.63) is 47.3 Å². The van der Waals surface area contributed by atoms with Crippen LogP contribution in [0.4, 0.5) is 4.39 Å². The summed E-state index contributed by atoms with van der Waals surface area (Å²) in [5.74, 6) is -2.57. The Labute approximate surface area is 439 Å². The fraction of sp³-hybridized carbons (Fsp3) is 0.804. The standard InChI is InChI=1S/C51H84FIN6O13/c1-28-23-50(8,64)47(30(3)44(70-41-24-51(9,66-13)46(62)34(7)69-41)31(4)49(63)72-48(53)43(61)42(60)33(6)58(11)26-28)71-40-22-38(21-29(2)68-40)57(10)20-19-37-27-59(56-54-37)39(25-52)45(65-12)36-17-15-35(16-18-36)32(5)55-67-14/h15-18,27-31,33-34,38-48,60-62,64H,19-26H2,1-14H3/b55-32+/t28-,29-,30+,31-,33-,34+,38+,39-,40+,41+,42-,43+,44+,45-,46+,47-,48+,50-,51-/m1/s1. The number of aliphatic hydroxyl groups excluding tert-OH is 3. The average Bonchev–Trinajstić information content (AvgIpc) is 3.81. The molecule has 0 amide bonds. The number of aliphatic hydroxyl groups is 4. The molecule has 0 aliphatic carbocycles. The van der Waals surface area contributed by atoms with Crippen LogP contribution in [0.25, 0.3) is 0 Å². The predicted molar refractivity (Wildman–Crippen MR) is 275 cm³/mol. The number of oxime groups is 1. The van der Waals surface area contributed by atoms with E-state index in [4.69, 9.17) is 38.0 Å². The van der Waals surface area contributed by atoms with E-state index in [2.05, 4.69) is 20.4 Å². The molecule has 21 heteroatoms. The number of aromatic nitrogens is 3. The number of nitrogens with zero attached hydrogens (tertiary/aromatic N) is 6. The minimum absolute atomic E-state index is 0.0166. The van der Waals surface area contributed by atoms with Gasteiger partial charge in [-0.2, -0.15) is 0 Å². The highest BCUT2D eigenvalue weighted by Gasteiger charge is 2.51. The summed E-state index contributed by atoms with van der Waals surface area (Å²) in [6, 6.07) is 6.23. The third-order valence-electron chi connectivity index (χ3n) is 15.3. The first-order valence-corrected chi connectivity index (χ1v) is 26.5. The molecule has 2 aromatic rings. The van der Waals surface area contributed by atoms with Gasteiger partial charge in [0.05, 0.1) is 59.0 Å². The molecule has 0 saturated carbocycles. The molecule has 19 nitrogen and oxygen atoms in total. The van der Waals surface area contributed by atoms with Crippen LogP contribution in [-0.4, -0.2) is 195 Å². The average molecular weight is 1140 g/mol. The molecule has 3 aliphatic heterocycles. The number of likely N-dealkylation sites (N-methyl/N-ethyl adjacent to an activating group) is 2. The third kappa shape index (κ3) is 14.9. The highest BCUT2D eigenvalue weighted by atomic mass is 127. The van der Waals surface area contributed by atoms with E-state index in [1.807, 2.05) is 93.5 Å². The molecule has 5 rings (SSSR count). The normalized spacial score (nSPS) is 38.2. The molecule has 0 spiro atoms. The molecule has 3 fully saturated rings. The van der Waals surface area contributed by atoms with E-state index in [0.29, 0.717) is 43.8 Å². The Kier molecular flexibility index (Phi) is 22.2. The van der Waals surface area contributed by atoms with Gasteiger partial charge in [-0.15, -0.1) is 5.10 Å². The molecule has 0 bridgehead atoms. The zero-order chi connectivity index (χ0) is 53.4. The number of benzene rings is 1. The topological polar surface area (TPSA) is 221 Å².